The standard InChI is InChI=1S/C23H24N6OS/c1-13-9-15(10-14-5-4-8-25-20(13)14)27-22(30)16-12-31-19-11-26-23(29-21(16)19)28-18-7-3-2-6-17(18)24/h4-5,8-12,17-18H,2-3,6-7,24H2,1H3,(H,27,30)(H,26,28,29). The van der Waals surface area contributed by atoms with Gasteiger partial charge in [-0.15, -0.1) is 11.3 Å². The van der Waals surface area contributed by atoms with Crippen LogP contribution < -0.4 is 16.4 Å². The predicted octanol–water partition coefficient (Wildman–Crippen LogP) is 4.48. The molecule has 0 spiro atoms. The first-order valence-corrected chi connectivity index (χ1v) is 11.4. The van der Waals surface area contributed by atoms with Gasteiger partial charge in [0.05, 0.1) is 27.5 Å². The molecule has 3 aromatic heterocycles. The van der Waals surface area contributed by atoms with E-state index in [9.17, 15) is 4.79 Å². The molecule has 0 bridgehead atoms. The van der Waals surface area contributed by atoms with E-state index < -0.39 is 0 Å². The summed E-state index contributed by atoms with van der Waals surface area (Å²) < 4.78 is 0.877. The number of benzene rings is 1. The molecule has 0 saturated heterocycles. The van der Waals surface area contributed by atoms with E-state index in [1.807, 2.05) is 36.6 Å². The monoisotopic (exact) mass is 432 g/mol. The van der Waals surface area contributed by atoms with Gasteiger partial charge in [0.2, 0.25) is 5.95 Å². The highest BCUT2D eigenvalue weighted by atomic mass is 32.1. The molecule has 1 amide bonds. The van der Waals surface area contributed by atoms with Crippen molar-refractivity contribution in [3.8, 4) is 0 Å². The van der Waals surface area contributed by atoms with Crippen LogP contribution in [0.4, 0.5) is 11.6 Å². The number of fused-ring (bicyclic) bond motifs is 2. The van der Waals surface area contributed by atoms with Crippen LogP contribution in [0, 0.1) is 6.92 Å². The Kier molecular flexibility index (Phi) is 5.25. The highest BCUT2D eigenvalue weighted by molar-refractivity contribution is 7.17. The molecule has 31 heavy (non-hydrogen) atoms. The van der Waals surface area contributed by atoms with Gasteiger partial charge in [-0.25, -0.2) is 9.97 Å². The molecule has 2 atom stereocenters. The van der Waals surface area contributed by atoms with Gasteiger partial charge in [0.15, 0.2) is 0 Å². The largest absolute Gasteiger partial charge is 0.350 e. The third-order valence-corrected chi connectivity index (χ3v) is 6.75. The Labute approximate surface area is 184 Å². The van der Waals surface area contributed by atoms with E-state index in [-0.39, 0.29) is 18.0 Å². The summed E-state index contributed by atoms with van der Waals surface area (Å²) in [6.45, 7) is 1.99. The number of rotatable bonds is 4. The van der Waals surface area contributed by atoms with E-state index in [2.05, 4.69) is 25.6 Å². The SMILES string of the molecule is Cc1cc(NC(=O)c2csc3cnc(NC4CCCCC4N)nc23)cc2cccnc12. The van der Waals surface area contributed by atoms with Crippen molar-refractivity contribution in [3.63, 3.8) is 0 Å². The first-order valence-electron chi connectivity index (χ1n) is 10.5. The number of amides is 1. The van der Waals surface area contributed by atoms with E-state index in [0.29, 0.717) is 17.0 Å². The van der Waals surface area contributed by atoms with E-state index >= 15 is 0 Å². The summed E-state index contributed by atoms with van der Waals surface area (Å²) in [6, 6.07) is 8.03. The number of carbonyl (C=O) groups is 1. The second kappa shape index (κ2) is 8.20. The lowest BCUT2D eigenvalue weighted by molar-refractivity contribution is 0.102. The Morgan fingerprint density at radius 2 is 2.06 bits per heavy atom. The third-order valence-electron chi connectivity index (χ3n) is 5.85. The minimum atomic E-state index is -0.187. The molecule has 5 rings (SSSR count). The molecule has 0 aliphatic heterocycles. The van der Waals surface area contributed by atoms with E-state index in [4.69, 9.17) is 5.73 Å². The van der Waals surface area contributed by atoms with Crippen molar-refractivity contribution < 1.29 is 4.79 Å². The van der Waals surface area contributed by atoms with Crippen LogP contribution in [-0.4, -0.2) is 32.9 Å². The Balaban J connectivity index is 1.41. The van der Waals surface area contributed by atoms with E-state index in [1.54, 1.807) is 12.4 Å². The highest BCUT2D eigenvalue weighted by Gasteiger charge is 2.23. The van der Waals surface area contributed by atoms with Crippen LogP contribution in [0.1, 0.15) is 41.6 Å². The molecule has 4 aromatic rings. The maximum absolute atomic E-state index is 13.1. The molecule has 0 radical (unpaired) electrons. The highest BCUT2D eigenvalue weighted by Crippen LogP contribution is 2.28. The fourth-order valence-electron chi connectivity index (χ4n) is 4.21. The van der Waals surface area contributed by atoms with Gasteiger partial charge in [-0.2, -0.15) is 0 Å². The van der Waals surface area contributed by atoms with Crippen molar-refractivity contribution in [1.29, 1.82) is 0 Å². The molecule has 1 aromatic carbocycles. The second-order valence-electron chi connectivity index (χ2n) is 8.08. The van der Waals surface area contributed by atoms with Crippen molar-refractivity contribution in [1.82, 2.24) is 15.0 Å². The molecule has 8 heteroatoms. The quantitative estimate of drug-likeness (QED) is 0.439. The number of aryl methyl sites for hydroxylation is 1. The normalized spacial score (nSPS) is 18.9. The minimum absolute atomic E-state index is 0.101. The van der Waals surface area contributed by atoms with Crippen molar-refractivity contribution >= 4 is 50.0 Å². The van der Waals surface area contributed by atoms with Gasteiger partial charge in [0.25, 0.3) is 5.91 Å². The summed E-state index contributed by atoms with van der Waals surface area (Å²) in [5.74, 6) is 0.336. The number of pyridine rings is 1. The number of nitrogens with zero attached hydrogens (tertiary/aromatic N) is 3. The first-order chi connectivity index (χ1) is 15.1. The average Bonchev–Trinajstić information content (AvgIpc) is 3.19. The van der Waals surface area contributed by atoms with E-state index in [1.165, 1.54) is 17.8 Å². The zero-order valence-corrected chi connectivity index (χ0v) is 18.1. The van der Waals surface area contributed by atoms with Gasteiger partial charge < -0.3 is 16.4 Å². The summed E-state index contributed by atoms with van der Waals surface area (Å²) in [4.78, 5) is 26.6. The van der Waals surface area contributed by atoms with Crippen LogP contribution >= 0.6 is 11.3 Å². The van der Waals surface area contributed by atoms with Crippen LogP contribution in [0.2, 0.25) is 0 Å². The van der Waals surface area contributed by atoms with Gasteiger partial charge in [-0.1, -0.05) is 18.9 Å². The predicted molar refractivity (Wildman–Crippen MR) is 126 cm³/mol. The Hall–Kier alpha value is -3.10. The van der Waals surface area contributed by atoms with Gasteiger partial charge in [0, 0.05) is 34.7 Å². The maximum atomic E-state index is 13.1. The molecule has 4 N–H and O–H groups in total. The summed E-state index contributed by atoms with van der Waals surface area (Å²) in [6.07, 6.45) is 7.88. The number of nitrogens with one attached hydrogen (secondary N) is 2. The third kappa shape index (κ3) is 3.96. The molecule has 1 aliphatic carbocycles. The number of thiophene rings is 1. The van der Waals surface area contributed by atoms with Gasteiger partial charge >= 0.3 is 0 Å². The van der Waals surface area contributed by atoms with Gasteiger partial charge in [0.1, 0.15) is 0 Å². The number of hydrogen-bond donors (Lipinski definition) is 3. The Morgan fingerprint density at radius 3 is 2.94 bits per heavy atom. The number of nitrogens with two attached hydrogens (primary N) is 1. The zero-order valence-electron chi connectivity index (χ0n) is 17.3. The minimum Gasteiger partial charge on any atom is -0.350 e. The van der Waals surface area contributed by atoms with Gasteiger partial charge in [-0.05, 0) is 43.5 Å². The van der Waals surface area contributed by atoms with Crippen LogP contribution in [0.15, 0.2) is 42.0 Å². The lowest BCUT2D eigenvalue weighted by atomic mass is 9.91. The van der Waals surface area contributed by atoms with Gasteiger partial charge in [-0.3, -0.25) is 9.78 Å². The number of carbonyl (C=O) groups excluding carboxylic acids is 1. The van der Waals surface area contributed by atoms with Crippen molar-refractivity contribution in [2.75, 3.05) is 10.6 Å². The van der Waals surface area contributed by atoms with Crippen molar-refractivity contribution in [2.24, 2.45) is 5.73 Å². The summed E-state index contributed by atoms with van der Waals surface area (Å²) in [5.41, 5.74) is 10.1. The second-order valence-corrected chi connectivity index (χ2v) is 8.99. The molecule has 3 heterocycles. The summed E-state index contributed by atoms with van der Waals surface area (Å²) in [7, 11) is 0. The van der Waals surface area contributed by atoms with Crippen LogP contribution in [0.5, 0.6) is 0 Å². The van der Waals surface area contributed by atoms with Crippen LogP contribution in [0.3, 0.4) is 0 Å². The fourth-order valence-corrected chi connectivity index (χ4v) is 5.05. The number of anilines is 2. The maximum Gasteiger partial charge on any atom is 0.258 e. The molecular weight excluding hydrogens is 408 g/mol. The fraction of sp³-hybridized carbons (Fsp3) is 0.304. The van der Waals surface area contributed by atoms with Crippen molar-refractivity contribution in [2.45, 2.75) is 44.7 Å². The van der Waals surface area contributed by atoms with E-state index in [0.717, 1.165) is 46.1 Å². The topological polar surface area (TPSA) is 106 Å². The summed E-state index contributed by atoms with van der Waals surface area (Å²) >= 11 is 1.47. The molecule has 2 unspecified atom stereocenters. The lowest BCUT2D eigenvalue weighted by Gasteiger charge is -2.29. The first kappa shape index (κ1) is 19.8. The Bertz CT molecular complexity index is 1270. The summed E-state index contributed by atoms with van der Waals surface area (Å²) in [5, 5.41) is 9.22. The molecule has 7 nitrogen and oxygen atoms in total. The van der Waals surface area contributed by atoms with Crippen LogP contribution in [0.25, 0.3) is 21.1 Å². The average molecular weight is 433 g/mol. The lowest BCUT2D eigenvalue weighted by Crippen LogP contribution is -2.42. The molecular formula is C23H24N6OS. The number of aromatic nitrogens is 3. The van der Waals surface area contributed by atoms with Crippen molar-refractivity contribution in [3.05, 3.63) is 53.2 Å². The van der Waals surface area contributed by atoms with Crippen LogP contribution in [-0.2, 0) is 0 Å². The molecule has 158 valence electrons. The number of hydrogen-bond acceptors (Lipinski definition) is 7. The molecule has 1 saturated carbocycles. The molecule has 1 fully saturated rings. The smallest absolute Gasteiger partial charge is 0.258 e. The Morgan fingerprint density at radius 1 is 1.19 bits per heavy atom. The molecule has 1 aliphatic rings. The zero-order chi connectivity index (χ0) is 21.4.